The second-order valence-electron chi connectivity index (χ2n) is 4.41. The number of benzene rings is 2. The minimum absolute atomic E-state index is 0.0403. The topological polar surface area (TPSA) is 58.2 Å². The highest BCUT2D eigenvalue weighted by atomic mass is 19.2. The zero-order valence-electron chi connectivity index (χ0n) is 11.2. The fraction of sp³-hybridized carbons (Fsp3) is 0.0667. The third-order valence-corrected chi connectivity index (χ3v) is 2.65. The van der Waals surface area contributed by atoms with Crippen molar-refractivity contribution < 1.29 is 22.8 Å². The lowest BCUT2D eigenvalue weighted by atomic mass is 10.2. The fourth-order valence-electron chi connectivity index (χ4n) is 1.66. The first-order valence-electron chi connectivity index (χ1n) is 6.24. The first-order chi connectivity index (χ1) is 10.4. The van der Waals surface area contributed by atoms with Crippen LogP contribution in [-0.4, -0.2) is 11.8 Å². The standard InChI is InChI=1S/C15H11F3N2O2/c16-9-1-3-10(4-2-9)19-14(21)8-15(22)20-11-5-6-12(17)13(18)7-11/h1-7H,8H2,(H,19,21)(H,20,22). The quantitative estimate of drug-likeness (QED) is 0.853. The summed E-state index contributed by atoms with van der Waals surface area (Å²) < 4.78 is 38.4. The summed E-state index contributed by atoms with van der Waals surface area (Å²) >= 11 is 0. The Kier molecular flexibility index (Phi) is 4.77. The third-order valence-electron chi connectivity index (χ3n) is 2.65. The van der Waals surface area contributed by atoms with Crippen molar-refractivity contribution in [3.63, 3.8) is 0 Å². The first kappa shape index (κ1) is 15.6. The third kappa shape index (κ3) is 4.34. The Morgan fingerprint density at radius 1 is 0.773 bits per heavy atom. The Bertz CT molecular complexity index is 702. The maximum Gasteiger partial charge on any atom is 0.233 e. The van der Waals surface area contributed by atoms with E-state index in [1.54, 1.807) is 0 Å². The Hall–Kier alpha value is -2.83. The maximum atomic E-state index is 13.0. The fourth-order valence-corrected chi connectivity index (χ4v) is 1.66. The number of anilines is 2. The van der Waals surface area contributed by atoms with Crippen molar-refractivity contribution in [1.29, 1.82) is 0 Å². The molecule has 4 nitrogen and oxygen atoms in total. The summed E-state index contributed by atoms with van der Waals surface area (Å²) in [4.78, 5) is 23.2. The number of hydrogen-bond donors (Lipinski definition) is 2. The van der Waals surface area contributed by atoms with Crippen molar-refractivity contribution >= 4 is 23.2 Å². The summed E-state index contributed by atoms with van der Waals surface area (Å²) in [5.41, 5.74) is 0.380. The molecule has 0 spiro atoms. The second kappa shape index (κ2) is 6.75. The molecule has 114 valence electrons. The molecule has 0 aliphatic heterocycles. The van der Waals surface area contributed by atoms with Crippen LogP contribution in [0.4, 0.5) is 24.5 Å². The molecule has 2 aromatic rings. The zero-order chi connectivity index (χ0) is 16.1. The highest BCUT2D eigenvalue weighted by Crippen LogP contribution is 2.13. The van der Waals surface area contributed by atoms with Gasteiger partial charge in [-0.25, -0.2) is 13.2 Å². The molecule has 2 aromatic carbocycles. The van der Waals surface area contributed by atoms with Gasteiger partial charge < -0.3 is 10.6 Å². The minimum Gasteiger partial charge on any atom is -0.326 e. The number of carbonyl (C=O) groups excluding carboxylic acids is 2. The predicted molar refractivity (Wildman–Crippen MR) is 74.6 cm³/mol. The van der Waals surface area contributed by atoms with Crippen molar-refractivity contribution in [3.8, 4) is 0 Å². The number of nitrogens with one attached hydrogen (secondary N) is 2. The number of rotatable bonds is 4. The van der Waals surface area contributed by atoms with E-state index in [1.165, 1.54) is 18.2 Å². The van der Waals surface area contributed by atoms with Crippen LogP contribution in [0.3, 0.4) is 0 Å². The molecular weight excluding hydrogens is 297 g/mol. The molecule has 0 heterocycles. The number of hydrogen-bond acceptors (Lipinski definition) is 2. The molecule has 2 N–H and O–H groups in total. The molecule has 0 aliphatic carbocycles. The van der Waals surface area contributed by atoms with Crippen LogP contribution < -0.4 is 10.6 Å². The zero-order valence-corrected chi connectivity index (χ0v) is 11.2. The molecule has 0 aromatic heterocycles. The number of carbonyl (C=O) groups is 2. The van der Waals surface area contributed by atoms with Crippen LogP contribution in [-0.2, 0) is 9.59 Å². The summed E-state index contributed by atoms with van der Waals surface area (Å²) in [5, 5.41) is 4.68. The molecule has 7 heteroatoms. The Morgan fingerprint density at radius 3 is 1.91 bits per heavy atom. The highest BCUT2D eigenvalue weighted by Gasteiger charge is 2.11. The number of halogens is 3. The van der Waals surface area contributed by atoms with Crippen LogP contribution in [0.15, 0.2) is 42.5 Å². The van der Waals surface area contributed by atoms with E-state index < -0.39 is 35.7 Å². The van der Waals surface area contributed by atoms with Gasteiger partial charge in [0.1, 0.15) is 12.2 Å². The summed E-state index contributed by atoms with van der Waals surface area (Å²) in [6.07, 6.45) is -0.517. The summed E-state index contributed by atoms with van der Waals surface area (Å²) in [6, 6.07) is 7.87. The van der Waals surface area contributed by atoms with E-state index in [0.29, 0.717) is 5.69 Å². The van der Waals surface area contributed by atoms with Crippen LogP contribution in [0.25, 0.3) is 0 Å². The van der Waals surface area contributed by atoms with Gasteiger partial charge in [-0.15, -0.1) is 0 Å². The van der Waals surface area contributed by atoms with Gasteiger partial charge in [0.05, 0.1) is 0 Å². The maximum absolute atomic E-state index is 13.0. The van der Waals surface area contributed by atoms with E-state index >= 15 is 0 Å². The molecule has 0 aliphatic rings. The van der Waals surface area contributed by atoms with E-state index in [9.17, 15) is 22.8 Å². The van der Waals surface area contributed by atoms with Crippen molar-refractivity contribution in [2.45, 2.75) is 6.42 Å². The van der Waals surface area contributed by atoms with Crippen LogP contribution in [0.2, 0.25) is 0 Å². The average Bonchev–Trinajstić information content (AvgIpc) is 2.45. The lowest BCUT2D eigenvalue weighted by Gasteiger charge is -2.07. The molecule has 2 amide bonds. The van der Waals surface area contributed by atoms with Gasteiger partial charge in [-0.3, -0.25) is 9.59 Å². The molecule has 0 bridgehead atoms. The van der Waals surface area contributed by atoms with Crippen molar-refractivity contribution in [3.05, 3.63) is 59.9 Å². The number of amides is 2. The van der Waals surface area contributed by atoms with Gasteiger partial charge in [-0.1, -0.05) is 0 Å². The van der Waals surface area contributed by atoms with Crippen molar-refractivity contribution in [2.75, 3.05) is 10.6 Å². The molecule has 0 atom stereocenters. The second-order valence-corrected chi connectivity index (χ2v) is 4.41. The SMILES string of the molecule is O=C(CC(=O)Nc1ccc(F)c(F)c1)Nc1ccc(F)cc1. The summed E-state index contributed by atoms with van der Waals surface area (Å²) in [5.74, 6) is -3.90. The largest absolute Gasteiger partial charge is 0.326 e. The van der Waals surface area contributed by atoms with Crippen LogP contribution >= 0.6 is 0 Å². The molecule has 2 rings (SSSR count). The Morgan fingerprint density at radius 2 is 1.32 bits per heavy atom. The summed E-state index contributed by atoms with van der Waals surface area (Å²) in [7, 11) is 0. The Balaban J connectivity index is 1.89. The molecule has 0 saturated heterocycles. The first-order valence-corrected chi connectivity index (χ1v) is 6.24. The van der Waals surface area contributed by atoms with Gasteiger partial charge in [-0.2, -0.15) is 0 Å². The lowest BCUT2D eigenvalue weighted by Crippen LogP contribution is -2.21. The van der Waals surface area contributed by atoms with E-state index in [1.807, 2.05) is 0 Å². The summed E-state index contributed by atoms with van der Waals surface area (Å²) in [6.45, 7) is 0. The van der Waals surface area contributed by atoms with Gasteiger partial charge in [0.15, 0.2) is 11.6 Å². The van der Waals surface area contributed by atoms with Crippen LogP contribution in [0.5, 0.6) is 0 Å². The molecule has 22 heavy (non-hydrogen) atoms. The van der Waals surface area contributed by atoms with E-state index in [2.05, 4.69) is 10.6 Å². The Labute approximate surface area is 124 Å². The highest BCUT2D eigenvalue weighted by molar-refractivity contribution is 6.08. The van der Waals surface area contributed by atoms with Gasteiger partial charge >= 0.3 is 0 Å². The predicted octanol–water partition coefficient (Wildman–Crippen LogP) is 3.07. The molecule has 0 fully saturated rings. The van der Waals surface area contributed by atoms with Crippen LogP contribution in [0, 0.1) is 17.5 Å². The minimum atomic E-state index is -1.10. The van der Waals surface area contributed by atoms with Gasteiger partial charge in [0.2, 0.25) is 11.8 Å². The van der Waals surface area contributed by atoms with Gasteiger partial charge in [-0.05, 0) is 36.4 Å². The van der Waals surface area contributed by atoms with Crippen molar-refractivity contribution in [1.82, 2.24) is 0 Å². The van der Waals surface area contributed by atoms with Gasteiger partial charge in [0.25, 0.3) is 0 Å². The van der Waals surface area contributed by atoms with Crippen molar-refractivity contribution in [2.24, 2.45) is 0 Å². The van der Waals surface area contributed by atoms with E-state index in [4.69, 9.17) is 0 Å². The normalized spacial score (nSPS) is 10.1. The molecular formula is C15H11F3N2O2. The molecule has 0 saturated carbocycles. The van der Waals surface area contributed by atoms with Gasteiger partial charge in [0, 0.05) is 17.4 Å². The molecule has 0 radical (unpaired) electrons. The molecule has 0 unspecified atom stereocenters. The smallest absolute Gasteiger partial charge is 0.233 e. The van der Waals surface area contributed by atoms with Crippen LogP contribution in [0.1, 0.15) is 6.42 Å². The van der Waals surface area contributed by atoms with E-state index in [-0.39, 0.29) is 5.69 Å². The monoisotopic (exact) mass is 308 g/mol. The lowest BCUT2D eigenvalue weighted by molar-refractivity contribution is -0.123. The van der Waals surface area contributed by atoms with E-state index in [0.717, 1.165) is 24.3 Å². The average molecular weight is 308 g/mol.